The summed E-state index contributed by atoms with van der Waals surface area (Å²) in [5.41, 5.74) is 3.69. The maximum absolute atomic E-state index is 5.66. The van der Waals surface area contributed by atoms with Crippen LogP contribution in [0, 0.1) is 5.38 Å². The number of hydrogen-bond donors (Lipinski definition) is 0. The van der Waals surface area contributed by atoms with Crippen molar-refractivity contribution in [3.63, 3.8) is 0 Å². The Morgan fingerprint density at radius 2 is 1.37 bits per heavy atom. The van der Waals surface area contributed by atoms with Crippen molar-refractivity contribution in [2.24, 2.45) is 0 Å². The maximum Gasteiger partial charge on any atom is 0.119 e. The van der Waals surface area contributed by atoms with E-state index >= 15 is 0 Å². The molecular weight excluding hydrogens is 422 g/mol. The number of hydrogen-bond acceptors (Lipinski definition) is 3. The summed E-state index contributed by atoms with van der Waals surface area (Å²) < 4.78 is 5.66. The predicted molar refractivity (Wildman–Crippen MR) is 113 cm³/mol. The molecule has 0 aliphatic heterocycles. The van der Waals surface area contributed by atoms with Crippen LogP contribution in [-0.4, -0.2) is 6.61 Å². The molecule has 27 heavy (non-hydrogen) atoms. The van der Waals surface area contributed by atoms with Gasteiger partial charge in [-0.25, -0.2) is 0 Å². The van der Waals surface area contributed by atoms with Crippen LogP contribution in [0.1, 0.15) is 13.3 Å². The first kappa shape index (κ1) is 20.0. The van der Waals surface area contributed by atoms with Crippen LogP contribution in [0.5, 0.6) is 5.75 Å². The summed E-state index contributed by atoms with van der Waals surface area (Å²) >= 11 is 3.49. The van der Waals surface area contributed by atoms with Gasteiger partial charge in [-0.1, -0.05) is 49.4 Å². The first-order valence-corrected chi connectivity index (χ1v) is 10.4. The third-order valence-corrected chi connectivity index (χ3v) is 6.28. The second-order valence-corrected chi connectivity index (χ2v) is 8.00. The van der Waals surface area contributed by atoms with Crippen molar-refractivity contribution in [1.29, 1.82) is 0 Å². The maximum atomic E-state index is 5.66. The van der Waals surface area contributed by atoms with Gasteiger partial charge in [-0.3, -0.25) is 11.3 Å². The van der Waals surface area contributed by atoms with Gasteiger partial charge in [0, 0.05) is 24.4 Å². The molecule has 2 heterocycles. The SMILES string of the molecule is CCCOc1ccc(-c2ccc(-c3ccc(-c4cc[c-]s4)s3)cc2)cc1.[Zn]. The van der Waals surface area contributed by atoms with Crippen molar-refractivity contribution in [3.05, 3.63) is 78.2 Å². The summed E-state index contributed by atoms with van der Waals surface area (Å²) in [4.78, 5) is 3.88. The zero-order chi connectivity index (χ0) is 17.8. The van der Waals surface area contributed by atoms with Crippen molar-refractivity contribution in [2.75, 3.05) is 6.61 Å². The Hall–Kier alpha value is -1.74. The van der Waals surface area contributed by atoms with Crippen LogP contribution in [0.2, 0.25) is 0 Å². The summed E-state index contributed by atoms with van der Waals surface area (Å²) in [5.74, 6) is 0.934. The minimum absolute atomic E-state index is 0. The minimum atomic E-state index is 0. The average molecular weight is 441 g/mol. The zero-order valence-corrected chi connectivity index (χ0v) is 19.9. The van der Waals surface area contributed by atoms with Crippen LogP contribution in [0.3, 0.4) is 0 Å². The van der Waals surface area contributed by atoms with Gasteiger partial charge in [-0.2, -0.15) is 12.1 Å². The fourth-order valence-corrected chi connectivity index (χ4v) is 4.54. The van der Waals surface area contributed by atoms with E-state index in [0.717, 1.165) is 18.8 Å². The standard InChI is InChI=1S/C23H19OS2.Zn/c1-2-15-24-20-11-9-18(10-12-20)17-5-7-19(8-6-17)21-13-14-23(26-21)22-4-3-16-25-22;/h3-14H,2,15H2,1H3;/q-1;. The molecule has 2 aromatic carbocycles. The van der Waals surface area contributed by atoms with Crippen LogP contribution >= 0.6 is 22.7 Å². The molecular formula is C23H19OS2Zn-. The fourth-order valence-electron chi connectivity index (χ4n) is 2.79. The molecule has 0 amide bonds. The van der Waals surface area contributed by atoms with E-state index in [1.54, 1.807) is 11.3 Å². The van der Waals surface area contributed by atoms with E-state index in [0.29, 0.717) is 0 Å². The Bertz CT molecular complexity index is 955. The molecule has 1 nitrogen and oxygen atoms in total. The molecule has 2 aromatic heterocycles. The van der Waals surface area contributed by atoms with Gasteiger partial charge >= 0.3 is 0 Å². The molecule has 0 fully saturated rings. The summed E-state index contributed by atoms with van der Waals surface area (Å²) in [6.45, 7) is 2.88. The Morgan fingerprint density at radius 3 is 2.00 bits per heavy atom. The smallest absolute Gasteiger partial charge is 0.119 e. The minimum Gasteiger partial charge on any atom is -0.494 e. The van der Waals surface area contributed by atoms with E-state index in [-0.39, 0.29) is 19.5 Å². The van der Waals surface area contributed by atoms with Gasteiger partial charge in [0.2, 0.25) is 0 Å². The van der Waals surface area contributed by atoms with E-state index in [4.69, 9.17) is 4.74 Å². The van der Waals surface area contributed by atoms with Crippen LogP contribution in [-0.2, 0) is 19.5 Å². The molecule has 0 bridgehead atoms. The number of thiophene rings is 2. The average Bonchev–Trinajstić information content (AvgIpc) is 3.38. The summed E-state index contributed by atoms with van der Waals surface area (Å²) in [6.07, 6.45) is 1.03. The second-order valence-electron chi connectivity index (χ2n) is 6.03. The molecule has 0 aliphatic rings. The number of ether oxygens (including phenoxy) is 1. The van der Waals surface area contributed by atoms with Crippen molar-refractivity contribution in [1.82, 2.24) is 0 Å². The first-order valence-electron chi connectivity index (χ1n) is 8.73. The third-order valence-electron chi connectivity index (χ3n) is 4.15. The largest absolute Gasteiger partial charge is 0.494 e. The molecule has 4 heteroatoms. The molecule has 4 rings (SSSR count). The molecule has 0 radical (unpaired) electrons. The van der Waals surface area contributed by atoms with Gasteiger partial charge < -0.3 is 4.74 Å². The van der Waals surface area contributed by atoms with E-state index in [1.165, 1.54) is 31.3 Å². The summed E-state index contributed by atoms with van der Waals surface area (Å²) in [6, 6.07) is 25.6. The first-order chi connectivity index (χ1) is 12.8. The molecule has 0 spiro atoms. The van der Waals surface area contributed by atoms with Gasteiger partial charge in [0.1, 0.15) is 5.75 Å². The van der Waals surface area contributed by atoms with Gasteiger partial charge in [0.15, 0.2) is 0 Å². The van der Waals surface area contributed by atoms with Crippen LogP contribution in [0.25, 0.3) is 31.3 Å². The van der Waals surface area contributed by atoms with Crippen molar-refractivity contribution < 1.29 is 24.2 Å². The van der Waals surface area contributed by atoms with E-state index in [2.05, 4.69) is 66.9 Å². The van der Waals surface area contributed by atoms with Gasteiger partial charge in [0.25, 0.3) is 0 Å². The van der Waals surface area contributed by atoms with Crippen LogP contribution in [0.4, 0.5) is 0 Å². The van der Waals surface area contributed by atoms with Gasteiger partial charge in [-0.15, -0.1) is 21.6 Å². The zero-order valence-electron chi connectivity index (χ0n) is 15.3. The summed E-state index contributed by atoms with van der Waals surface area (Å²) in [7, 11) is 0. The second kappa shape index (κ2) is 9.46. The van der Waals surface area contributed by atoms with Crippen LogP contribution in [0.15, 0.2) is 72.8 Å². The van der Waals surface area contributed by atoms with E-state index < -0.39 is 0 Å². The third kappa shape index (κ3) is 4.76. The van der Waals surface area contributed by atoms with Crippen LogP contribution < -0.4 is 4.74 Å². The molecule has 0 saturated carbocycles. The fraction of sp³-hybridized carbons (Fsp3) is 0.130. The molecule has 132 valence electrons. The van der Waals surface area contributed by atoms with Crippen molar-refractivity contribution in [3.8, 4) is 37.1 Å². The molecule has 0 aliphatic carbocycles. The monoisotopic (exact) mass is 439 g/mol. The molecule has 0 atom stereocenters. The van der Waals surface area contributed by atoms with Crippen molar-refractivity contribution in [2.45, 2.75) is 13.3 Å². The number of rotatable bonds is 6. The number of benzene rings is 2. The van der Waals surface area contributed by atoms with Crippen molar-refractivity contribution >= 4 is 22.7 Å². The Labute approximate surface area is 181 Å². The predicted octanol–water partition coefficient (Wildman–Crippen LogP) is 7.40. The van der Waals surface area contributed by atoms with Gasteiger partial charge in [0.05, 0.1) is 6.61 Å². The Kier molecular flexibility index (Phi) is 7.01. The Balaban J connectivity index is 0.00000210. The normalized spacial score (nSPS) is 10.4. The van der Waals surface area contributed by atoms with Gasteiger partial charge in [-0.05, 0) is 46.2 Å². The molecule has 4 aromatic rings. The molecule has 0 N–H and O–H groups in total. The quantitative estimate of drug-likeness (QED) is 0.224. The molecule has 0 saturated heterocycles. The van der Waals surface area contributed by atoms with E-state index in [1.807, 2.05) is 29.5 Å². The topological polar surface area (TPSA) is 9.23 Å². The molecule has 0 unspecified atom stereocenters. The summed E-state index contributed by atoms with van der Waals surface area (Å²) in [5, 5.41) is 3.16. The Morgan fingerprint density at radius 1 is 0.741 bits per heavy atom. The van der Waals surface area contributed by atoms with E-state index in [9.17, 15) is 0 Å².